The second-order valence-corrected chi connectivity index (χ2v) is 4.32. The molecule has 1 nitrogen and oxygen atoms in total. The van der Waals surface area contributed by atoms with Crippen molar-refractivity contribution >= 4 is 5.69 Å². The van der Waals surface area contributed by atoms with Crippen LogP contribution < -0.4 is 5.32 Å². The van der Waals surface area contributed by atoms with Gasteiger partial charge in [0, 0.05) is 11.7 Å². The predicted molar refractivity (Wildman–Crippen MR) is 66.0 cm³/mol. The van der Waals surface area contributed by atoms with Gasteiger partial charge in [-0.05, 0) is 43.7 Å². The first-order valence-corrected chi connectivity index (χ1v) is 5.82. The van der Waals surface area contributed by atoms with Crippen molar-refractivity contribution in [2.75, 3.05) is 5.32 Å². The Morgan fingerprint density at radius 3 is 2.67 bits per heavy atom. The molecule has 1 aliphatic rings. The molecule has 0 spiro atoms. The summed E-state index contributed by atoms with van der Waals surface area (Å²) < 4.78 is 0. The lowest BCUT2D eigenvalue weighted by Gasteiger charge is -2.18. The molecule has 0 amide bonds. The van der Waals surface area contributed by atoms with Gasteiger partial charge in [-0.25, -0.2) is 0 Å². The predicted octanol–water partition coefficient (Wildman–Crippen LogP) is 3.84. The van der Waals surface area contributed by atoms with Gasteiger partial charge in [-0.3, -0.25) is 0 Å². The number of hydrogen-bond donors (Lipinski definition) is 1. The van der Waals surface area contributed by atoms with Gasteiger partial charge in [0.05, 0.1) is 0 Å². The maximum atomic E-state index is 3.79. The lowest BCUT2D eigenvalue weighted by molar-refractivity contribution is 0.592. The van der Waals surface area contributed by atoms with Crippen LogP contribution in [0.5, 0.6) is 0 Å². The average Bonchev–Trinajstić information content (AvgIpc) is 3.09. The summed E-state index contributed by atoms with van der Waals surface area (Å²) >= 11 is 0. The number of rotatable bonds is 6. The summed E-state index contributed by atoms with van der Waals surface area (Å²) in [5.74, 6) is 0.894. The minimum absolute atomic E-state index is 0.644. The molecule has 80 valence electrons. The minimum atomic E-state index is 0.644. The third-order valence-electron chi connectivity index (χ3n) is 3.00. The molecular formula is C14H19N. The highest BCUT2D eigenvalue weighted by molar-refractivity contribution is 5.43. The van der Waals surface area contributed by atoms with Crippen LogP contribution >= 0.6 is 0 Å². The summed E-state index contributed by atoms with van der Waals surface area (Å²) in [4.78, 5) is 0. The van der Waals surface area contributed by atoms with E-state index in [0.29, 0.717) is 6.04 Å². The van der Waals surface area contributed by atoms with Gasteiger partial charge in [-0.1, -0.05) is 24.3 Å². The summed E-state index contributed by atoms with van der Waals surface area (Å²) in [7, 11) is 0. The highest BCUT2D eigenvalue weighted by Crippen LogP contribution is 2.36. The van der Waals surface area contributed by atoms with E-state index in [0.717, 1.165) is 12.3 Å². The zero-order valence-electron chi connectivity index (χ0n) is 9.15. The van der Waals surface area contributed by atoms with Gasteiger partial charge < -0.3 is 5.32 Å². The summed E-state index contributed by atoms with van der Waals surface area (Å²) in [5, 5.41) is 3.63. The van der Waals surface area contributed by atoms with E-state index >= 15 is 0 Å². The molecule has 1 heteroatoms. The first-order chi connectivity index (χ1) is 7.40. The molecule has 1 N–H and O–H groups in total. The van der Waals surface area contributed by atoms with E-state index in [4.69, 9.17) is 0 Å². The highest BCUT2D eigenvalue weighted by Gasteiger charge is 2.30. The van der Waals surface area contributed by atoms with Crippen LogP contribution in [0.15, 0.2) is 43.0 Å². The first kappa shape index (κ1) is 10.3. The second-order valence-electron chi connectivity index (χ2n) is 4.32. The quantitative estimate of drug-likeness (QED) is 0.689. The van der Waals surface area contributed by atoms with Gasteiger partial charge in [-0.15, -0.1) is 6.58 Å². The Bertz CT molecular complexity index is 300. The topological polar surface area (TPSA) is 12.0 Å². The Kier molecular flexibility index (Phi) is 3.44. The number of hydrogen-bond acceptors (Lipinski definition) is 1. The van der Waals surface area contributed by atoms with Gasteiger partial charge in [-0.2, -0.15) is 0 Å². The van der Waals surface area contributed by atoms with Crippen LogP contribution in [0.25, 0.3) is 0 Å². The number of para-hydroxylation sites is 1. The zero-order valence-corrected chi connectivity index (χ0v) is 9.15. The van der Waals surface area contributed by atoms with E-state index < -0.39 is 0 Å². The summed E-state index contributed by atoms with van der Waals surface area (Å²) in [5.41, 5.74) is 1.25. The number of anilines is 1. The van der Waals surface area contributed by atoms with Crippen molar-refractivity contribution < 1.29 is 0 Å². The molecule has 1 aliphatic carbocycles. The minimum Gasteiger partial charge on any atom is -0.382 e. The Morgan fingerprint density at radius 1 is 1.33 bits per heavy atom. The van der Waals surface area contributed by atoms with Gasteiger partial charge in [0.25, 0.3) is 0 Å². The van der Waals surface area contributed by atoms with Crippen LogP contribution in [0.2, 0.25) is 0 Å². The van der Waals surface area contributed by atoms with E-state index in [2.05, 4.69) is 42.2 Å². The maximum absolute atomic E-state index is 3.79. The fourth-order valence-electron chi connectivity index (χ4n) is 1.97. The smallest absolute Gasteiger partial charge is 0.0342 e. The van der Waals surface area contributed by atoms with Gasteiger partial charge >= 0.3 is 0 Å². The molecule has 1 unspecified atom stereocenters. The van der Waals surface area contributed by atoms with Crippen molar-refractivity contribution in [1.82, 2.24) is 0 Å². The molecule has 15 heavy (non-hydrogen) atoms. The summed E-state index contributed by atoms with van der Waals surface area (Å²) in [6.45, 7) is 3.79. The van der Waals surface area contributed by atoms with Crippen LogP contribution in [0.4, 0.5) is 5.69 Å². The normalized spacial score (nSPS) is 17.1. The van der Waals surface area contributed by atoms with Crippen molar-refractivity contribution in [1.29, 1.82) is 0 Å². The maximum Gasteiger partial charge on any atom is 0.0342 e. The van der Waals surface area contributed by atoms with Crippen molar-refractivity contribution in [2.45, 2.75) is 31.7 Å². The SMILES string of the molecule is C=CCCC(Nc1ccccc1)C1CC1. The molecule has 0 radical (unpaired) electrons. The second kappa shape index (κ2) is 5.01. The Balaban J connectivity index is 1.91. The van der Waals surface area contributed by atoms with Gasteiger partial charge in [0.2, 0.25) is 0 Å². The van der Waals surface area contributed by atoms with Crippen molar-refractivity contribution in [3.8, 4) is 0 Å². The number of benzene rings is 1. The van der Waals surface area contributed by atoms with Crippen LogP contribution in [-0.4, -0.2) is 6.04 Å². The first-order valence-electron chi connectivity index (χ1n) is 5.82. The monoisotopic (exact) mass is 201 g/mol. The molecule has 0 saturated heterocycles. The summed E-state index contributed by atoms with van der Waals surface area (Å²) in [6.07, 6.45) is 7.12. The number of allylic oxidation sites excluding steroid dienone is 1. The Hall–Kier alpha value is -1.24. The molecule has 0 bridgehead atoms. The molecule has 1 saturated carbocycles. The standard InChI is InChI=1S/C14H19N/c1-2-3-9-14(12-10-11-12)15-13-7-5-4-6-8-13/h2,4-8,12,14-15H,1,3,9-11H2. The van der Waals surface area contributed by atoms with E-state index in [-0.39, 0.29) is 0 Å². The lowest BCUT2D eigenvalue weighted by atomic mass is 10.1. The number of nitrogens with one attached hydrogen (secondary N) is 1. The third-order valence-corrected chi connectivity index (χ3v) is 3.00. The third kappa shape index (κ3) is 3.12. The van der Waals surface area contributed by atoms with Gasteiger partial charge in [0.1, 0.15) is 0 Å². The van der Waals surface area contributed by atoms with Gasteiger partial charge in [0.15, 0.2) is 0 Å². The largest absolute Gasteiger partial charge is 0.382 e. The molecule has 1 aromatic carbocycles. The van der Waals surface area contributed by atoms with E-state index in [1.807, 2.05) is 6.08 Å². The molecule has 0 heterocycles. The lowest BCUT2D eigenvalue weighted by Crippen LogP contribution is -2.21. The fourth-order valence-corrected chi connectivity index (χ4v) is 1.97. The van der Waals surface area contributed by atoms with E-state index in [1.165, 1.54) is 24.9 Å². The zero-order chi connectivity index (χ0) is 10.5. The molecule has 1 aromatic rings. The fraction of sp³-hybridized carbons (Fsp3) is 0.429. The van der Waals surface area contributed by atoms with E-state index in [1.54, 1.807) is 0 Å². The highest BCUT2D eigenvalue weighted by atomic mass is 14.9. The molecule has 1 atom stereocenters. The van der Waals surface area contributed by atoms with Crippen LogP contribution in [-0.2, 0) is 0 Å². The summed E-state index contributed by atoms with van der Waals surface area (Å²) in [6, 6.07) is 11.2. The van der Waals surface area contributed by atoms with E-state index in [9.17, 15) is 0 Å². The molecule has 0 aromatic heterocycles. The molecule has 2 rings (SSSR count). The van der Waals surface area contributed by atoms with Crippen molar-refractivity contribution in [3.05, 3.63) is 43.0 Å². The van der Waals surface area contributed by atoms with Crippen LogP contribution in [0.1, 0.15) is 25.7 Å². The average molecular weight is 201 g/mol. The molecular weight excluding hydrogens is 182 g/mol. The van der Waals surface area contributed by atoms with Crippen LogP contribution in [0.3, 0.4) is 0 Å². The van der Waals surface area contributed by atoms with Crippen LogP contribution in [0, 0.1) is 5.92 Å². The Morgan fingerprint density at radius 2 is 2.07 bits per heavy atom. The molecule has 0 aliphatic heterocycles. The Labute approximate surface area is 92.2 Å². The van der Waals surface area contributed by atoms with Crippen molar-refractivity contribution in [2.24, 2.45) is 5.92 Å². The van der Waals surface area contributed by atoms with Crippen molar-refractivity contribution in [3.63, 3.8) is 0 Å². The molecule has 1 fully saturated rings.